The summed E-state index contributed by atoms with van der Waals surface area (Å²) in [7, 11) is 0. The number of Topliss-reactive ketones (excluding diaryl/α,β-unsaturated/α-hetero) is 1. The number of oxime groups is 1. The van der Waals surface area contributed by atoms with Crippen molar-refractivity contribution in [1.29, 1.82) is 0 Å². The van der Waals surface area contributed by atoms with Gasteiger partial charge in [-0.05, 0) is 19.4 Å². The summed E-state index contributed by atoms with van der Waals surface area (Å²) in [4.78, 5) is 11.4. The topological polar surface area (TPSA) is 49.7 Å². The highest BCUT2D eigenvalue weighted by molar-refractivity contribution is 6.07. The minimum absolute atomic E-state index is 0.0218. The van der Waals surface area contributed by atoms with E-state index in [1.165, 1.54) is 6.92 Å². The van der Waals surface area contributed by atoms with Crippen LogP contribution in [-0.4, -0.2) is 16.7 Å². The molecule has 0 aromatic heterocycles. The molecule has 1 unspecified atom stereocenters. The van der Waals surface area contributed by atoms with Gasteiger partial charge in [-0.15, -0.1) is 0 Å². The fourth-order valence-electron chi connectivity index (χ4n) is 1.47. The molecular weight excluding hydrogens is 178 g/mol. The van der Waals surface area contributed by atoms with Gasteiger partial charge in [0.2, 0.25) is 0 Å². The van der Waals surface area contributed by atoms with Crippen LogP contribution in [0.4, 0.5) is 0 Å². The monoisotopic (exact) mass is 191 g/mol. The molecule has 1 atom stereocenters. The zero-order valence-electron chi connectivity index (χ0n) is 8.27. The molecule has 0 aliphatic carbocycles. The minimum atomic E-state index is -0.429. The Morgan fingerprint density at radius 3 is 2.29 bits per heavy atom. The highest BCUT2D eigenvalue weighted by Crippen LogP contribution is 2.18. The summed E-state index contributed by atoms with van der Waals surface area (Å²) in [6.45, 7) is 3.13. The Labute approximate surface area is 83.1 Å². The second kappa shape index (κ2) is 4.56. The van der Waals surface area contributed by atoms with Crippen LogP contribution in [0.25, 0.3) is 0 Å². The lowest BCUT2D eigenvalue weighted by Gasteiger charge is -2.12. The highest BCUT2D eigenvalue weighted by atomic mass is 16.4. The lowest BCUT2D eigenvalue weighted by atomic mass is 9.91. The molecule has 0 amide bonds. The van der Waals surface area contributed by atoms with Crippen molar-refractivity contribution in [3.05, 3.63) is 35.9 Å². The lowest BCUT2D eigenvalue weighted by Crippen LogP contribution is -2.17. The van der Waals surface area contributed by atoms with Gasteiger partial charge >= 0.3 is 0 Å². The van der Waals surface area contributed by atoms with E-state index < -0.39 is 5.92 Å². The number of rotatable bonds is 3. The summed E-state index contributed by atoms with van der Waals surface area (Å²) in [5.41, 5.74) is 1.28. The number of hydrogen-bond acceptors (Lipinski definition) is 3. The SMILES string of the molecule is CC(=O)C(C(C)=NO)c1ccccc1. The number of benzene rings is 1. The van der Waals surface area contributed by atoms with E-state index in [9.17, 15) is 4.79 Å². The minimum Gasteiger partial charge on any atom is -0.411 e. The first-order valence-electron chi connectivity index (χ1n) is 4.40. The average Bonchev–Trinajstić information content (AvgIpc) is 2.19. The van der Waals surface area contributed by atoms with Gasteiger partial charge in [0, 0.05) is 0 Å². The predicted molar refractivity (Wildman–Crippen MR) is 54.8 cm³/mol. The molecule has 74 valence electrons. The van der Waals surface area contributed by atoms with E-state index in [2.05, 4.69) is 5.16 Å². The van der Waals surface area contributed by atoms with Gasteiger partial charge < -0.3 is 5.21 Å². The maximum absolute atomic E-state index is 11.4. The maximum atomic E-state index is 11.4. The standard InChI is InChI=1S/C11H13NO2/c1-8(12-14)11(9(2)13)10-6-4-3-5-7-10/h3-7,11,14H,1-2H3. The van der Waals surface area contributed by atoms with Crippen LogP contribution in [0.1, 0.15) is 25.3 Å². The smallest absolute Gasteiger partial charge is 0.143 e. The van der Waals surface area contributed by atoms with Crippen LogP contribution >= 0.6 is 0 Å². The molecule has 0 radical (unpaired) electrons. The zero-order valence-corrected chi connectivity index (χ0v) is 8.27. The normalized spacial score (nSPS) is 13.7. The van der Waals surface area contributed by atoms with Crippen LogP contribution < -0.4 is 0 Å². The molecular formula is C11H13NO2. The van der Waals surface area contributed by atoms with E-state index in [0.717, 1.165) is 5.56 Å². The third-order valence-corrected chi connectivity index (χ3v) is 2.11. The van der Waals surface area contributed by atoms with Crippen molar-refractivity contribution in [2.45, 2.75) is 19.8 Å². The number of ketones is 1. The van der Waals surface area contributed by atoms with E-state index >= 15 is 0 Å². The molecule has 0 fully saturated rings. The number of nitrogens with zero attached hydrogens (tertiary/aromatic N) is 1. The van der Waals surface area contributed by atoms with Gasteiger partial charge in [0.15, 0.2) is 0 Å². The summed E-state index contributed by atoms with van der Waals surface area (Å²) in [6, 6.07) is 9.29. The molecule has 0 aliphatic heterocycles. The molecule has 3 heteroatoms. The average molecular weight is 191 g/mol. The fourth-order valence-corrected chi connectivity index (χ4v) is 1.47. The van der Waals surface area contributed by atoms with Gasteiger partial charge in [-0.1, -0.05) is 35.5 Å². The summed E-state index contributed by atoms with van der Waals surface area (Å²) in [6.07, 6.45) is 0. The van der Waals surface area contributed by atoms with Crippen LogP contribution in [0, 0.1) is 0 Å². The van der Waals surface area contributed by atoms with Gasteiger partial charge in [0.25, 0.3) is 0 Å². The zero-order chi connectivity index (χ0) is 10.6. The Bertz CT molecular complexity index is 344. The van der Waals surface area contributed by atoms with Crippen molar-refractivity contribution in [1.82, 2.24) is 0 Å². The Kier molecular flexibility index (Phi) is 3.40. The first kappa shape index (κ1) is 10.4. The van der Waals surface area contributed by atoms with Gasteiger partial charge in [0.1, 0.15) is 5.78 Å². The number of carbonyl (C=O) groups is 1. The molecule has 0 heterocycles. The van der Waals surface area contributed by atoms with Gasteiger partial charge in [-0.3, -0.25) is 4.79 Å². The second-order valence-electron chi connectivity index (χ2n) is 3.20. The molecule has 0 spiro atoms. The summed E-state index contributed by atoms with van der Waals surface area (Å²) in [5.74, 6) is -0.451. The van der Waals surface area contributed by atoms with Gasteiger partial charge in [-0.2, -0.15) is 0 Å². The summed E-state index contributed by atoms with van der Waals surface area (Å²) >= 11 is 0. The second-order valence-corrected chi connectivity index (χ2v) is 3.20. The van der Waals surface area contributed by atoms with E-state index in [4.69, 9.17) is 5.21 Å². The Morgan fingerprint density at radius 1 is 1.29 bits per heavy atom. The van der Waals surface area contributed by atoms with Crippen molar-refractivity contribution in [2.75, 3.05) is 0 Å². The molecule has 1 aromatic carbocycles. The lowest BCUT2D eigenvalue weighted by molar-refractivity contribution is -0.117. The van der Waals surface area contributed by atoms with Crippen LogP contribution in [0.3, 0.4) is 0 Å². The van der Waals surface area contributed by atoms with Gasteiger partial charge in [0.05, 0.1) is 11.6 Å². The van der Waals surface area contributed by atoms with E-state index in [-0.39, 0.29) is 5.78 Å². The van der Waals surface area contributed by atoms with Crippen molar-refractivity contribution in [2.24, 2.45) is 5.16 Å². The molecule has 14 heavy (non-hydrogen) atoms. The first-order valence-corrected chi connectivity index (χ1v) is 4.40. The number of carbonyl (C=O) groups excluding carboxylic acids is 1. The highest BCUT2D eigenvalue weighted by Gasteiger charge is 2.19. The Hall–Kier alpha value is -1.64. The molecule has 1 rings (SSSR count). The van der Waals surface area contributed by atoms with Crippen LogP contribution in [0.15, 0.2) is 35.5 Å². The van der Waals surface area contributed by atoms with Crippen LogP contribution in [0.2, 0.25) is 0 Å². The molecule has 0 saturated heterocycles. The van der Waals surface area contributed by atoms with Gasteiger partial charge in [-0.25, -0.2) is 0 Å². The third-order valence-electron chi connectivity index (χ3n) is 2.11. The van der Waals surface area contributed by atoms with E-state index in [0.29, 0.717) is 5.71 Å². The van der Waals surface area contributed by atoms with Crippen LogP contribution in [0.5, 0.6) is 0 Å². The van der Waals surface area contributed by atoms with Crippen molar-refractivity contribution >= 4 is 11.5 Å². The maximum Gasteiger partial charge on any atom is 0.143 e. The van der Waals surface area contributed by atoms with Crippen molar-refractivity contribution < 1.29 is 10.0 Å². The van der Waals surface area contributed by atoms with Crippen LogP contribution in [-0.2, 0) is 4.79 Å². The summed E-state index contributed by atoms with van der Waals surface area (Å²) in [5, 5.41) is 11.7. The van der Waals surface area contributed by atoms with E-state index in [1.807, 2.05) is 30.3 Å². The molecule has 0 saturated carbocycles. The molecule has 0 bridgehead atoms. The molecule has 1 aromatic rings. The Morgan fingerprint density at radius 2 is 1.86 bits per heavy atom. The first-order chi connectivity index (χ1) is 6.66. The fraction of sp³-hybridized carbons (Fsp3) is 0.273. The largest absolute Gasteiger partial charge is 0.411 e. The molecule has 1 N–H and O–H groups in total. The predicted octanol–water partition coefficient (Wildman–Crippen LogP) is 2.21. The molecule has 3 nitrogen and oxygen atoms in total. The third kappa shape index (κ3) is 2.19. The van der Waals surface area contributed by atoms with Crippen molar-refractivity contribution in [3.63, 3.8) is 0 Å². The van der Waals surface area contributed by atoms with E-state index in [1.54, 1.807) is 6.92 Å². The Balaban J connectivity index is 3.08. The molecule has 0 aliphatic rings. The van der Waals surface area contributed by atoms with Crippen molar-refractivity contribution in [3.8, 4) is 0 Å². The number of hydrogen-bond donors (Lipinski definition) is 1. The summed E-state index contributed by atoms with van der Waals surface area (Å²) < 4.78 is 0. The quantitative estimate of drug-likeness (QED) is 0.452.